The highest BCUT2D eigenvalue weighted by molar-refractivity contribution is 9.11. The Labute approximate surface area is 134 Å². The Morgan fingerprint density at radius 3 is 2.62 bits per heavy atom. The molecular weight excluding hydrogens is 380 g/mol. The van der Waals surface area contributed by atoms with Crippen LogP contribution in [0.2, 0.25) is 0 Å². The minimum atomic E-state index is -3.86. The number of ether oxygens (including phenoxy) is 1. The zero-order chi connectivity index (χ0) is 15.6. The van der Waals surface area contributed by atoms with E-state index in [0.29, 0.717) is 11.3 Å². The van der Waals surface area contributed by atoms with Crippen LogP contribution in [0.1, 0.15) is 10.4 Å². The molecule has 0 spiro atoms. The van der Waals surface area contributed by atoms with E-state index < -0.39 is 10.0 Å². The summed E-state index contributed by atoms with van der Waals surface area (Å²) in [5.74, 6) is -0.0353. The second-order valence-electron chi connectivity index (χ2n) is 4.00. The van der Waals surface area contributed by atoms with Gasteiger partial charge in [-0.2, -0.15) is 0 Å². The number of carbonyl (C=O) groups is 1. The van der Waals surface area contributed by atoms with Crippen LogP contribution in [0.15, 0.2) is 38.3 Å². The monoisotopic (exact) mass is 390 g/mol. The zero-order valence-electron chi connectivity index (χ0n) is 10.8. The number of amides is 1. The normalized spacial score (nSPS) is 11.2. The first-order valence-electron chi connectivity index (χ1n) is 5.57. The van der Waals surface area contributed by atoms with Gasteiger partial charge in [0.1, 0.15) is 5.75 Å². The molecule has 0 saturated heterocycles. The molecule has 3 N–H and O–H groups in total. The molecule has 0 atom stereocenters. The van der Waals surface area contributed by atoms with Gasteiger partial charge < -0.3 is 10.1 Å². The molecule has 0 aliphatic carbocycles. The van der Waals surface area contributed by atoms with Crippen molar-refractivity contribution in [2.24, 2.45) is 5.14 Å². The van der Waals surface area contributed by atoms with Gasteiger partial charge in [-0.05, 0) is 40.2 Å². The number of primary sulfonamides is 1. The number of hydrogen-bond donors (Lipinski definition) is 2. The van der Waals surface area contributed by atoms with Crippen molar-refractivity contribution < 1.29 is 17.9 Å². The standard InChI is InChI=1S/C12H11BrN2O4S2/c1-19-10-3-2-8(21(14,17)18)5-9(10)15-12(16)7-4-11(13)20-6-7/h2-6H,1H3,(H,15,16)(H2,14,17,18). The fraction of sp³-hybridized carbons (Fsp3) is 0.0833. The van der Waals surface area contributed by atoms with Crippen LogP contribution in [0, 0.1) is 0 Å². The number of thiophene rings is 1. The van der Waals surface area contributed by atoms with Gasteiger partial charge in [-0.1, -0.05) is 0 Å². The van der Waals surface area contributed by atoms with Gasteiger partial charge in [0.25, 0.3) is 5.91 Å². The Morgan fingerprint density at radius 1 is 1.38 bits per heavy atom. The Bertz CT molecular complexity index is 786. The number of methoxy groups -OCH3 is 1. The van der Waals surface area contributed by atoms with E-state index in [9.17, 15) is 13.2 Å². The quantitative estimate of drug-likeness (QED) is 0.836. The largest absolute Gasteiger partial charge is 0.495 e. The molecule has 2 aromatic rings. The number of hydrogen-bond acceptors (Lipinski definition) is 5. The number of rotatable bonds is 4. The number of nitrogens with two attached hydrogens (primary N) is 1. The summed E-state index contributed by atoms with van der Waals surface area (Å²) < 4.78 is 28.6. The highest BCUT2D eigenvalue weighted by Gasteiger charge is 2.15. The van der Waals surface area contributed by atoms with Crippen LogP contribution < -0.4 is 15.2 Å². The fourth-order valence-corrected chi connectivity index (χ4v) is 3.26. The van der Waals surface area contributed by atoms with Crippen LogP contribution in [-0.4, -0.2) is 21.4 Å². The van der Waals surface area contributed by atoms with Gasteiger partial charge >= 0.3 is 0 Å². The molecule has 0 aliphatic rings. The summed E-state index contributed by atoms with van der Waals surface area (Å²) in [7, 11) is -2.44. The lowest BCUT2D eigenvalue weighted by molar-refractivity contribution is 0.102. The molecule has 0 bridgehead atoms. The summed E-state index contributed by atoms with van der Waals surface area (Å²) in [5, 5.41) is 9.36. The van der Waals surface area contributed by atoms with Crippen molar-refractivity contribution in [3.05, 3.63) is 39.0 Å². The second-order valence-corrected chi connectivity index (χ2v) is 7.85. The van der Waals surface area contributed by atoms with E-state index in [-0.39, 0.29) is 16.5 Å². The lowest BCUT2D eigenvalue weighted by Gasteiger charge is -2.11. The number of carbonyl (C=O) groups excluding carboxylic acids is 1. The van der Waals surface area contributed by atoms with E-state index in [4.69, 9.17) is 9.88 Å². The lowest BCUT2D eigenvalue weighted by Crippen LogP contribution is -2.15. The minimum Gasteiger partial charge on any atom is -0.495 e. The molecular formula is C12H11BrN2O4S2. The van der Waals surface area contributed by atoms with Crippen LogP contribution in [0.5, 0.6) is 5.75 Å². The zero-order valence-corrected chi connectivity index (χ0v) is 14.0. The molecule has 0 unspecified atom stereocenters. The predicted molar refractivity (Wildman–Crippen MR) is 84.3 cm³/mol. The van der Waals surface area contributed by atoms with E-state index in [1.165, 1.54) is 36.6 Å². The van der Waals surface area contributed by atoms with Crippen molar-refractivity contribution in [3.63, 3.8) is 0 Å². The molecule has 0 radical (unpaired) electrons. The topological polar surface area (TPSA) is 98.5 Å². The Hall–Kier alpha value is -1.42. The predicted octanol–water partition coefficient (Wildman–Crippen LogP) is 2.42. The maximum absolute atomic E-state index is 12.1. The maximum atomic E-state index is 12.1. The molecule has 1 aromatic carbocycles. The third kappa shape index (κ3) is 3.82. The Morgan fingerprint density at radius 2 is 2.10 bits per heavy atom. The van der Waals surface area contributed by atoms with Gasteiger partial charge in [0.05, 0.1) is 27.0 Å². The van der Waals surface area contributed by atoms with Crippen molar-refractivity contribution >= 4 is 48.9 Å². The molecule has 1 aromatic heterocycles. The van der Waals surface area contributed by atoms with Gasteiger partial charge in [0, 0.05) is 5.38 Å². The van der Waals surface area contributed by atoms with E-state index in [1.807, 2.05) is 0 Å². The van der Waals surface area contributed by atoms with Crippen LogP contribution in [0.3, 0.4) is 0 Å². The number of sulfonamides is 1. The lowest BCUT2D eigenvalue weighted by atomic mass is 10.2. The highest BCUT2D eigenvalue weighted by atomic mass is 79.9. The van der Waals surface area contributed by atoms with Crippen molar-refractivity contribution in [2.75, 3.05) is 12.4 Å². The van der Waals surface area contributed by atoms with Crippen LogP contribution in [0.4, 0.5) is 5.69 Å². The molecule has 9 heteroatoms. The van der Waals surface area contributed by atoms with Crippen LogP contribution in [0.25, 0.3) is 0 Å². The van der Waals surface area contributed by atoms with Crippen LogP contribution >= 0.6 is 27.3 Å². The first kappa shape index (κ1) is 16.0. The third-order valence-electron chi connectivity index (χ3n) is 2.58. The minimum absolute atomic E-state index is 0.106. The summed E-state index contributed by atoms with van der Waals surface area (Å²) in [6.45, 7) is 0. The summed E-state index contributed by atoms with van der Waals surface area (Å²) in [6, 6.07) is 5.66. The van der Waals surface area contributed by atoms with Crippen molar-refractivity contribution in [1.82, 2.24) is 0 Å². The summed E-state index contributed by atoms with van der Waals surface area (Å²) in [6.07, 6.45) is 0. The molecule has 2 rings (SSSR count). The second kappa shape index (κ2) is 6.14. The maximum Gasteiger partial charge on any atom is 0.256 e. The average molecular weight is 391 g/mol. The number of anilines is 1. The molecule has 21 heavy (non-hydrogen) atoms. The van der Waals surface area contributed by atoms with E-state index in [2.05, 4.69) is 21.2 Å². The summed E-state index contributed by atoms with van der Waals surface area (Å²) in [4.78, 5) is 12.0. The van der Waals surface area contributed by atoms with E-state index in [1.54, 1.807) is 11.4 Å². The summed E-state index contributed by atoms with van der Waals surface area (Å²) in [5.41, 5.74) is 0.686. The average Bonchev–Trinajstić information content (AvgIpc) is 2.84. The van der Waals surface area contributed by atoms with E-state index >= 15 is 0 Å². The highest BCUT2D eigenvalue weighted by Crippen LogP contribution is 2.28. The molecule has 0 aliphatic heterocycles. The smallest absolute Gasteiger partial charge is 0.256 e. The molecule has 1 heterocycles. The molecule has 6 nitrogen and oxygen atoms in total. The third-order valence-corrected chi connectivity index (χ3v) is 4.99. The van der Waals surface area contributed by atoms with Crippen LogP contribution in [-0.2, 0) is 10.0 Å². The first-order chi connectivity index (χ1) is 9.81. The molecule has 0 saturated carbocycles. The van der Waals surface area contributed by atoms with Gasteiger partial charge in [-0.25, -0.2) is 13.6 Å². The fourth-order valence-electron chi connectivity index (χ4n) is 1.59. The van der Waals surface area contributed by atoms with E-state index in [0.717, 1.165) is 3.79 Å². The number of benzene rings is 1. The van der Waals surface area contributed by atoms with Gasteiger partial charge in [-0.3, -0.25) is 4.79 Å². The van der Waals surface area contributed by atoms with Gasteiger partial charge in [0.15, 0.2) is 0 Å². The SMILES string of the molecule is COc1ccc(S(N)(=O)=O)cc1NC(=O)c1csc(Br)c1. The Kier molecular flexibility index (Phi) is 4.67. The van der Waals surface area contributed by atoms with Gasteiger partial charge in [-0.15, -0.1) is 11.3 Å². The van der Waals surface area contributed by atoms with Crippen molar-refractivity contribution in [1.29, 1.82) is 0 Å². The van der Waals surface area contributed by atoms with Crippen molar-refractivity contribution in [2.45, 2.75) is 4.90 Å². The molecule has 112 valence electrons. The summed E-state index contributed by atoms with van der Waals surface area (Å²) >= 11 is 4.64. The Balaban J connectivity index is 2.36. The number of nitrogens with one attached hydrogen (secondary N) is 1. The molecule has 0 fully saturated rings. The van der Waals surface area contributed by atoms with Crippen molar-refractivity contribution in [3.8, 4) is 5.75 Å². The van der Waals surface area contributed by atoms with Gasteiger partial charge in [0.2, 0.25) is 10.0 Å². The molecule has 1 amide bonds. The first-order valence-corrected chi connectivity index (χ1v) is 8.79. The number of halogens is 1.